The molecule has 5 heteroatoms. The van der Waals surface area contributed by atoms with Crippen molar-refractivity contribution in [3.05, 3.63) is 78.1 Å². The number of anilines is 1. The van der Waals surface area contributed by atoms with E-state index < -0.39 is 0 Å². The molecule has 0 saturated carbocycles. The van der Waals surface area contributed by atoms with E-state index in [0.717, 1.165) is 10.8 Å². The smallest absolute Gasteiger partial charge is 0.254 e. The molecule has 3 aromatic rings. The van der Waals surface area contributed by atoms with Gasteiger partial charge in [0.15, 0.2) is 0 Å². The van der Waals surface area contributed by atoms with Crippen molar-refractivity contribution < 1.29 is 14.0 Å². The van der Waals surface area contributed by atoms with Gasteiger partial charge in [-0.15, -0.1) is 0 Å². The number of piperidine rings is 1. The van der Waals surface area contributed by atoms with Gasteiger partial charge in [-0.2, -0.15) is 0 Å². The van der Waals surface area contributed by atoms with Crippen LogP contribution < -0.4 is 5.32 Å². The molecule has 0 unspecified atom stereocenters. The number of halogens is 1. The van der Waals surface area contributed by atoms with Crippen molar-refractivity contribution in [3.63, 3.8) is 0 Å². The lowest BCUT2D eigenvalue weighted by Crippen LogP contribution is -2.41. The summed E-state index contributed by atoms with van der Waals surface area (Å²) in [6.07, 6.45) is 1.19. The van der Waals surface area contributed by atoms with Crippen LogP contribution in [0.25, 0.3) is 10.8 Å². The van der Waals surface area contributed by atoms with E-state index in [4.69, 9.17) is 0 Å². The molecule has 4 nitrogen and oxygen atoms in total. The zero-order valence-corrected chi connectivity index (χ0v) is 15.4. The van der Waals surface area contributed by atoms with E-state index in [1.807, 2.05) is 47.4 Å². The summed E-state index contributed by atoms with van der Waals surface area (Å²) < 4.78 is 13.3. The summed E-state index contributed by atoms with van der Waals surface area (Å²) in [6, 6.07) is 19.5. The lowest BCUT2D eigenvalue weighted by Gasteiger charge is -2.31. The van der Waals surface area contributed by atoms with Crippen molar-refractivity contribution in [2.75, 3.05) is 18.4 Å². The van der Waals surface area contributed by atoms with Gasteiger partial charge in [0, 0.05) is 30.3 Å². The van der Waals surface area contributed by atoms with E-state index in [9.17, 15) is 14.0 Å². The average molecular weight is 376 g/mol. The second-order valence-electron chi connectivity index (χ2n) is 7.09. The van der Waals surface area contributed by atoms with Crippen LogP contribution in [-0.2, 0) is 4.79 Å². The predicted molar refractivity (Wildman–Crippen MR) is 108 cm³/mol. The van der Waals surface area contributed by atoms with E-state index in [2.05, 4.69) is 5.32 Å². The summed E-state index contributed by atoms with van der Waals surface area (Å²) in [6.45, 7) is 1.06. The van der Waals surface area contributed by atoms with Crippen LogP contribution in [0.5, 0.6) is 0 Å². The van der Waals surface area contributed by atoms with Gasteiger partial charge in [-0.3, -0.25) is 9.59 Å². The minimum absolute atomic E-state index is 0.000730. The van der Waals surface area contributed by atoms with Gasteiger partial charge in [0.2, 0.25) is 5.91 Å². The highest BCUT2D eigenvalue weighted by Gasteiger charge is 2.28. The highest BCUT2D eigenvalue weighted by molar-refractivity contribution is 6.07. The third kappa shape index (κ3) is 3.74. The molecule has 0 bridgehead atoms. The van der Waals surface area contributed by atoms with E-state index in [1.165, 1.54) is 12.1 Å². The minimum Gasteiger partial charge on any atom is -0.339 e. The fraction of sp³-hybridized carbons (Fsp3) is 0.217. The van der Waals surface area contributed by atoms with Gasteiger partial charge in [0.25, 0.3) is 5.91 Å². The van der Waals surface area contributed by atoms with Crippen molar-refractivity contribution in [2.24, 2.45) is 5.92 Å². The predicted octanol–water partition coefficient (Wildman–Crippen LogP) is 4.47. The lowest BCUT2D eigenvalue weighted by molar-refractivity contribution is -0.121. The Labute approximate surface area is 163 Å². The largest absolute Gasteiger partial charge is 0.339 e. The molecule has 1 N–H and O–H groups in total. The maximum absolute atomic E-state index is 13.3. The van der Waals surface area contributed by atoms with Crippen LogP contribution in [0.3, 0.4) is 0 Å². The highest BCUT2D eigenvalue weighted by atomic mass is 19.1. The number of nitrogens with zero attached hydrogens (tertiary/aromatic N) is 1. The SMILES string of the molecule is O=C(Nc1cccc(F)c1)C1CCN(C(=O)c2cccc3ccccc23)CC1. The molecule has 0 atom stereocenters. The topological polar surface area (TPSA) is 49.4 Å². The van der Waals surface area contributed by atoms with Crippen LogP contribution >= 0.6 is 0 Å². The van der Waals surface area contributed by atoms with E-state index in [0.29, 0.717) is 37.2 Å². The zero-order chi connectivity index (χ0) is 19.5. The van der Waals surface area contributed by atoms with E-state index in [-0.39, 0.29) is 23.5 Å². The maximum atomic E-state index is 13.3. The molecular formula is C23H21FN2O2. The first kappa shape index (κ1) is 18.2. The fourth-order valence-corrected chi connectivity index (χ4v) is 3.74. The van der Waals surface area contributed by atoms with Crippen LogP contribution in [0.1, 0.15) is 23.2 Å². The third-order valence-corrected chi connectivity index (χ3v) is 5.27. The number of carbonyl (C=O) groups excluding carboxylic acids is 2. The molecule has 1 saturated heterocycles. The molecule has 1 aliphatic heterocycles. The van der Waals surface area contributed by atoms with E-state index in [1.54, 1.807) is 12.1 Å². The number of likely N-dealkylation sites (tertiary alicyclic amines) is 1. The molecule has 142 valence electrons. The summed E-state index contributed by atoms with van der Waals surface area (Å²) in [4.78, 5) is 27.3. The lowest BCUT2D eigenvalue weighted by atomic mass is 9.94. The second-order valence-corrected chi connectivity index (χ2v) is 7.09. The van der Waals surface area contributed by atoms with Crippen LogP contribution in [0.2, 0.25) is 0 Å². The summed E-state index contributed by atoms with van der Waals surface area (Å²) in [7, 11) is 0. The first-order chi connectivity index (χ1) is 13.6. The van der Waals surface area contributed by atoms with Crippen LogP contribution in [0.15, 0.2) is 66.7 Å². The van der Waals surface area contributed by atoms with Crippen molar-refractivity contribution in [2.45, 2.75) is 12.8 Å². The molecule has 2 amide bonds. The average Bonchev–Trinajstić information content (AvgIpc) is 2.73. The monoisotopic (exact) mass is 376 g/mol. The van der Waals surface area contributed by atoms with Crippen LogP contribution in [0.4, 0.5) is 10.1 Å². The van der Waals surface area contributed by atoms with Gasteiger partial charge in [-0.1, -0.05) is 42.5 Å². The summed E-state index contributed by atoms with van der Waals surface area (Å²) >= 11 is 0. The van der Waals surface area contributed by atoms with Gasteiger partial charge < -0.3 is 10.2 Å². The van der Waals surface area contributed by atoms with Gasteiger partial charge in [0.1, 0.15) is 5.82 Å². The number of hydrogen-bond donors (Lipinski definition) is 1. The van der Waals surface area contributed by atoms with Crippen molar-refractivity contribution in [1.29, 1.82) is 0 Å². The van der Waals surface area contributed by atoms with Crippen molar-refractivity contribution >= 4 is 28.3 Å². The first-order valence-corrected chi connectivity index (χ1v) is 9.45. The number of rotatable bonds is 3. The third-order valence-electron chi connectivity index (χ3n) is 5.27. The Kier molecular flexibility index (Phi) is 5.06. The molecule has 0 aromatic heterocycles. The molecule has 0 radical (unpaired) electrons. The number of hydrogen-bond acceptors (Lipinski definition) is 2. The highest BCUT2D eigenvalue weighted by Crippen LogP contribution is 2.24. The first-order valence-electron chi connectivity index (χ1n) is 9.45. The second kappa shape index (κ2) is 7.80. The van der Waals surface area contributed by atoms with E-state index >= 15 is 0 Å². The standard InChI is InChI=1S/C23H21FN2O2/c24-18-7-4-8-19(15-18)25-22(27)17-11-13-26(14-12-17)23(28)21-10-3-6-16-5-1-2-9-20(16)21/h1-10,15,17H,11-14H2,(H,25,27). The maximum Gasteiger partial charge on any atom is 0.254 e. The quantitative estimate of drug-likeness (QED) is 0.733. The number of amides is 2. The van der Waals surface area contributed by atoms with Gasteiger partial charge in [-0.05, 0) is 47.9 Å². The molecule has 0 spiro atoms. The molecule has 1 heterocycles. The normalized spacial score (nSPS) is 14.8. The Balaban J connectivity index is 1.41. The summed E-state index contributed by atoms with van der Waals surface area (Å²) in [5, 5.41) is 4.75. The van der Waals surface area contributed by atoms with Crippen LogP contribution in [0, 0.1) is 11.7 Å². The van der Waals surface area contributed by atoms with Gasteiger partial charge in [0.05, 0.1) is 0 Å². The molecule has 3 aromatic carbocycles. The molecule has 1 aliphatic rings. The number of fused-ring (bicyclic) bond motifs is 1. The Morgan fingerprint density at radius 3 is 2.43 bits per heavy atom. The molecule has 0 aliphatic carbocycles. The minimum atomic E-state index is -0.381. The fourth-order valence-electron chi connectivity index (χ4n) is 3.74. The summed E-state index contributed by atoms with van der Waals surface area (Å²) in [5.41, 5.74) is 1.15. The Bertz CT molecular complexity index is 1020. The molecule has 28 heavy (non-hydrogen) atoms. The van der Waals surface area contributed by atoms with Crippen molar-refractivity contribution in [1.82, 2.24) is 4.90 Å². The molecule has 4 rings (SSSR count). The molecule has 1 fully saturated rings. The molecular weight excluding hydrogens is 355 g/mol. The van der Waals surface area contributed by atoms with Crippen LogP contribution in [-0.4, -0.2) is 29.8 Å². The number of benzene rings is 3. The number of nitrogens with one attached hydrogen (secondary N) is 1. The Morgan fingerprint density at radius 2 is 1.64 bits per heavy atom. The Morgan fingerprint density at radius 1 is 0.929 bits per heavy atom. The summed E-state index contributed by atoms with van der Waals surface area (Å²) in [5.74, 6) is -0.684. The van der Waals surface area contributed by atoms with Gasteiger partial charge in [-0.25, -0.2) is 4.39 Å². The van der Waals surface area contributed by atoms with Crippen molar-refractivity contribution in [3.8, 4) is 0 Å². The Hall–Kier alpha value is -3.21. The van der Waals surface area contributed by atoms with Gasteiger partial charge >= 0.3 is 0 Å². The number of carbonyl (C=O) groups is 2. The zero-order valence-electron chi connectivity index (χ0n) is 15.4.